The average molecular weight is 299 g/mol. The van der Waals surface area contributed by atoms with Gasteiger partial charge >= 0.3 is 0 Å². The summed E-state index contributed by atoms with van der Waals surface area (Å²) in [5, 5.41) is 3.44. The molecule has 9 heteroatoms. The van der Waals surface area contributed by atoms with E-state index in [4.69, 9.17) is 23.2 Å². The number of aromatic nitrogens is 1. The molecule has 0 radical (unpaired) electrons. The Bertz CT molecular complexity index is 526. The van der Waals surface area contributed by atoms with E-state index in [2.05, 4.69) is 9.68 Å². The molecule has 1 N–H and O–H groups in total. The molecule has 1 saturated carbocycles. The van der Waals surface area contributed by atoms with E-state index in [0.29, 0.717) is 0 Å². The molecule has 2 rings (SSSR count). The van der Waals surface area contributed by atoms with Crippen LogP contribution in [0.1, 0.15) is 12.1 Å². The first-order chi connectivity index (χ1) is 7.80. The molecule has 1 aromatic rings. The van der Waals surface area contributed by atoms with Crippen molar-refractivity contribution in [3.05, 3.63) is 18.0 Å². The molecule has 17 heavy (non-hydrogen) atoms. The van der Waals surface area contributed by atoms with Crippen LogP contribution in [0.15, 0.2) is 16.9 Å². The fraction of sp³-hybridized carbons (Fsp3) is 0.500. The summed E-state index contributed by atoms with van der Waals surface area (Å²) in [5.74, 6) is -1.81. The maximum Gasteiger partial charge on any atom is 0.240 e. The standard InChI is InChI=1S/C8H8Cl2N2O4S/c9-8(10)3-6(8)7(13)12-17(14,15)4-5-1-2-16-11-5/h1-2,6H,3-4H2,(H,12,13)/t6-/m0/s1. The number of hydrogen-bond donors (Lipinski definition) is 1. The molecule has 1 aliphatic carbocycles. The summed E-state index contributed by atoms with van der Waals surface area (Å²) in [6, 6.07) is 1.40. The monoisotopic (exact) mass is 298 g/mol. The molecule has 94 valence electrons. The van der Waals surface area contributed by atoms with E-state index >= 15 is 0 Å². The number of halogens is 2. The summed E-state index contributed by atoms with van der Waals surface area (Å²) < 4.78 is 28.3. The number of carbonyl (C=O) groups excluding carboxylic acids is 1. The van der Waals surface area contributed by atoms with Crippen molar-refractivity contribution in [2.24, 2.45) is 5.92 Å². The normalized spacial score (nSPS) is 22.1. The second-order valence-electron chi connectivity index (χ2n) is 3.73. The number of nitrogens with zero attached hydrogens (tertiary/aromatic N) is 1. The zero-order valence-corrected chi connectivity index (χ0v) is 10.7. The predicted molar refractivity (Wildman–Crippen MR) is 59.8 cm³/mol. The zero-order chi connectivity index (χ0) is 12.7. The van der Waals surface area contributed by atoms with E-state index in [1.165, 1.54) is 12.3 Å². The minimum Gasteiger partial charge on any atom is -0.364 e. The van der Waals surface area contributed by atoms with Crippen molar-refractivity contribution in [1.29, 1.82) is 0 Å². The van der Waals surface area contributed by atoms with Crippen LogP contribution in [0, 0.1) is 5.92 Å². The number of alkyl halides is 2. The maximum atomic E-state index is 11.6. The van der Waals surface area contributed by atoms with Gasteiger partial charge in [0.05, 0.1) is 5.92 Å². The molecule has 0 aromatic carbocycles. The van der Waals surface area contributed by atoms with Crippen LogP contribution in [0.3, 0.4) is 0 Å². The van der Waals surface area contributed by atoms with Crippen molar-refractivity contribution in [2.45, 2.75) is 16.5 Å². The molecule has 1 atom stereocenters. The lowest BCUT2D eigenvalue weighted by atomic mass is 10.4. The third-order valence-corrected chi connectivity index (χ3v) is 4.25. The first kappa shape index (κ1) is 12.7. The summed E-state index contributed by atoms with van der Waals surface area (Å²) in [4.78, 5) is 11.5. The summed E-state index contributed by atoms with van der Waals surface area (Å²) in [7, 11) is -3.80. The highest BCUT2D eigenvalue weighted by molar-refractivity contribution is 7.89. The number of hydrogen-bond acceptors (Lipinski definition) is 5. The van der Waals surface area contributed by atoms with Gasteiger partial charge in [-0.1, -0.05) is 5.16 Å². The topological polar surface area (TPSA) is 89.3 Å². The number of carbonyl (C=O) groups is 1. The molecule has 0 unspecified atom stereocenters. The van der Waals surface area contributed by atoms with Gasteiger partial charge in [-0.05, 0) is 6.42 Å². The largest absolute Gasteiger partial charge is 0.364 e. The van der Waals surface area contributed by atoms with Crippen LogP contribution in [0.25, 0.3) is 0 Å². The second kappa shape index (κ2) is 4.15. The van der Waals surface area contributed by atoms with Gasteiger partial charge < -0.3 is 4.52 Å². The van der Waals surface area contributed by atoms with Crippen LogP contribution < -0.4 is 4.72 Å². The Morgan fingerprint density at radius 2 is 2.29 bits per heavy atom. The van der Waals surface area contributed by atoms with E-state index < -0.39 is 31.9 Å². The van der Waals surface area contributed by atoms with Gasteiger partial charge in [0, 0.05) is 6.07 Å². The molecule has 0 bridgehead atoms. The third-order valence-electron chi connectivity index (χ3n) is 2.23. The molecule has 1 fully saturated rings. The number of nitrogens with one attached hydrogen (secondary N) is 1. The molecule has 0 saturated heterocycles. The van der Waals surface area contributed by atoms with Crippen molar-refractivity contribution in [1.82, 2.24) is 9.88 Å². The van der Waals surface area contributed by atoms with E-state index in [0.717, 1.165) is 0 Å². The Kier molecular flexibility index (Phi) is 3.09. The highest BCUT2D eigenvalue weighted by Crippen LogP contribution is 2.53. The highest BCUT2D eigenvalue weighted by Gasteiger charge is 2.56. The van der Waals surface area contributed by atoms with Crippen LogP contribution in [0.5, 0.6) is 0 Å². The zero-order valence-electron chi connectivity index (χ0n) is 8.39. The van der Waals surface area contributed by atoms with E-state index in [9.17, 15) is 13.2 Å². The van der Waals surface area contributed by atoms with Crippen LogP contribution in [0.2, 0.25) is 0 Å². The van der Waals surface area contributed by atoms with Gasteiger partial charge in [0.2, 0.25) is 15.9 Å². The van der Waals surface area contributed by atoms with Crippen LogP contribution in [-0.4, -0.2) is 23.8 Å². The molecule has 6 nitrogen and oxygen atoms in total. The Morgan fingerprint density at radius 1 is 1.65 bits per heavy atom. The van der Waals surface area contributed by atoms with Crippen LogP contribution >= 0.6 is 23.2 Å². The van der Waals surface area contributed by atoms with Crippen molar-refractivity contribution in [3.63, 3.8) is 0 Å². The molecule has 0 spiro atoms. The molecule has 1 amide bonds. The average Bonchev–Trinajstić information content (AvgIpc) is 2.59. The minimum atomic E-state index is -3.80. The van der Waals surface area contributed by atoms with Crippen LogP contribution in [0.4, 0.5) is 0 Å². The van der Waals surface area contributed by atoms with E-state index in [1.54, 1.807) is 0 Å². The fourth-order valence-electron chi connectivity index (χ4n) is 1.26. The van der Waals surface area contributed by atoms with Gasteiger partial charge in [-0.3, -0.25) is 9.52 Å². The lowest BCUT2D eigenvalue weighted by Gasteiger charge is -2.04. The van der Waals surface area contributed by atoms with E-state index in [-0.39, 0.29) is 12.1 Å². The molecule has 1 aromatic heterocycles. The molecular weight excluding hydrogens is 291 g/mol. The third kappa shape index (κ3) is 3.11. The van der Waals surface area contributed by atoms with Gasteiger partial charge in [-0.15, -0.1) is 23.2 Å². The number of sulfonamides is 1. The predicted octanol–water partition coefficient (Wildman–Crippen LogP) is 0.814. The first-order valence-corrected chi connectivity index (χ1v) is 7.02. The SMILES string of the molecule is O=C(NS(=O)(=O)Cc1ccon1)[C@@H]1CC1(Cl)Cl. The van der Waals surface area contributed by atoms with Gasteiger partial charge in [0.15, 0.2) is 0 Å². The van der Waals surface area contributed by atoms with E-state index in [1.807, 2.05) is 4.72 Å². The smallest absolute Gasteiger partial charge is 0.240 e. The Hall–Kier alpha value is -0.790. The summed E-state index contributed by atoms with van der Waals surface area (Å²) >= 11 is 11.3. The number of amides is 1. The summed E-state index contributed by atoms with van der Waals surface area (Å²) in [6.45, 7) is 0. The van der Waals surface area contributed by atoms with Crippen molar-refractivity contribution < 1.29 is 17.7 Å². The Labute approximate surface area is 107 Å². The van der Waals surface area contributed by atoms with Crippen molar-refractivity contribution >= 4 is 39.1 Å². The molecule has 1 heterocycles. The van der Waals surface area contributed by atoms with Gasteiger partial charge in [0.25, 0.3) is 0 Å². The minimum absolute atomic E-state index is 0.212. The summed E-state index contributed by atoms with van der Waals surface area (Å²) in [6.07, 6.45) is 1.50. The van der Waals surface area contributed by atoms with Crippen molar-refractivity contribution in [3.8, 4) is 0 Å². The molecular formula is C8H8Cl2N2O4S. The van der Waals surface area contributed by atoms with Crippen LogP contribution in [-0.2, 0) is 20.6 Å². The lowest BCUT2D eigenvalue weighted by molar-refractivity contribution is -0.120. The second-order valence-corrected chi connectivity index (χ2v) is 7.00. The first-order valence-electron chi connectivity index (χ1n) is 4.61. The number of rotatable bonds is 4. The Balaban J connectivity index is 1.96. The van der Waals surface area contributed by atoms with Crippen molar-refractivity contribution in [2.75, 3.05) is 0 Å². The van der Waals surface area contributed by atoms with Gasteiger partial charge in [0.1, 0.15) is 22.0 Å². The highest BCUT2D eigenvalue weighted by atomic mass is 35.5. The fourth-order valence-corrected chi connectivity index (χ4v) is 2.83. The molecule has 1 aliphatic rings. The lowest BCUT2D eigenvalue weighted by Crippen LogP contribution is -2.33. The quantitative estimate of drug-likeness (QED) is 0.831. The maximum absolute atomic E-state index is 11.6. The van der Waals surface area contributed by atoms with Gasteiger partial charge in [-0.25, -0.2) is 8.42 Å². The Morgan fingerprint density at radius 3 is 2.76 bits per heavy atom. The molecule has 0 aliphatic heterocycles. The van der Waals surface area contributed by atoms with Gasteiger partial charge in [-0.2, -0.15) is 0 Å². The summed E-state index contributed by atoms with van der Waals surface area (Å²) in [5.41, 5.74) is 0.212.